The lowest BCUT2D eigenvalue weighted by Crippen LogP contribution is -2.12. The quantitative estimate of drug-likeness (QED) is 0.814. The molecule has 4 heteroatoms. The Kier molecular flexibility index (Phi) is 5.44. The van der Waals surface area contributed by atoms with Crippen LogP contribution in [0.5, 0.6) is 11.6 Å². The van der Waals surface area contributed by atoms with Gasteiger partial charge in [-0.05, 0) is 55.6 Å². The van der Waals surface area contributed by atoms with Gasteiger partial charge in [0.2, 0.25) is 5.88 Å². The van der Waals surface area contributed by atoms with Crippen molar-refractivity contribution in [3.63, 3.8) is 0 Å². The van der Waals surface area contributed by atoms with Crippen LogP contribution in [-0.4, -0.2) is 17.8 Å². The summed E-state index contributed by atoms with van der Waals surface area (Å²) < 4.78 is 5.83. The van der Waals surface area contributed by atoms with E-state index in [0.29, 0.717) is 5.88 Å². The van der Waals surface area contributed by atoms with Crippen LogP contribution in [-0.2, 0) is 6.54 Å². The van der Waals surface area contributed by atoms with E-state index in [1.165, 1.54) is 10.5 Å². The van der Waals surface area contributed by atoms with Crippen molar-refractivity contribution in [2.24, 2.45) is 0 Å². The van der Waals surface area contributed by atoms with Crippen LogP contribution in [0.4, 0.5) is 0 Å². The van der Waals surface area contributed by atoms with Gasteiger partial charge in [0, 0.05) is 23.2 Å². The van der Waals surface area contributed by atoms with Gasteiger partial charge < -0.3 is 10.1 Å². The first-order chi connectivity index (χ1) is 9.72. The number of nitrogens with zero attached hydrogens (tertiary/aromatic N) is 1. The fraction of sp³-hybridized carbons (Fsp3) is 0.312. The van der Waals surface area contributed by atoms with E-state index in [9.17, 15) is 0 Å². The molecule has 1 aromatic heterocycles. The van der Waals surface area contributed by atoms with Crippen molar-refractivity contribution < 1.29 is 4.74 Å². The zero-order chi connectivity index (χ0) is 14.4. The first kappa shape index (κ1) is 14.9. The molecular weight excluding hydrogens is 268 g/mol. The van der Waals surface area contributed by atoms with Crippen molar-refractivity contribution in [1.82, 2.24) is 10.3 Å². The molecule has 106 valence electrons. The van der Waals surface area contributed by atoms with Crippen LogP contribution < -0.4 is 10.1 Å². The van der Waals surface area contributed by atoms with E-state index in [1.54, 1.807) is 11.8 Å². The summed E-state index contributed by atoms with van der Waals surface area (Å²) in [6.45, 7) is 5.91. The zero-order valence-corrected chi connectivity index (χ0v) is 13.0. The van der Waals surface area contributed by atoms with Crippen LogP contribution in [0, 0.1) is 6.92 Å². The summed E-state index contributed by atoms with van der Waals surface area (Å²) in [5.41, 5.74) is 2.23. The Labute approximate surface area is 124 Å². The Bertz CT molecular complexity index is 555. The lowest BCUT2D eigenvalue weighted by molar-refractivity contribution is 0.458. The molecule has 0 aliphatic heterocycles. The molecule has 0 radical (unpaired) electrons. The average Bonchev–Trinajstić information content (AvgIpc) is 2.48. The highest BCUT2D eigenvalue weighted by Crippen LogP contribution is 2.25. The SMILES string of the molecule is CCNCc1cnc(Oc2ccc(SC)cc2)c(C)c1. The molecule has 2 aromatic rings. The Balaban J connectivity index is 2.08. The van der Waals surface area contributed by atoms with Gasteiger partial charge in [0.1, 0.15) is 5.75 Å². The number of thioether (sulfide) groups is 1. The summed E-state index contributed by atoms with van der Waals surface area (Å²) in [6, 6.07) is 10.2. The van der Waals surface area contributed by atoms with E-state index in [-0.39, 0.29) is 0 Å². The Morgan fingerprint density at radius 3 is 2.60 bits per heavy atom. The molecule has 0 aliphatic rings. The second-order valence-electron chi connectivity index (χ2n) is 4.52. The fourth-order valence-electron chi connectivity index (χ4n) is 1.85. The number of nitrogens with one attached hydrogen (secondary N) is 1. The number of hydrogen-bond donors (Lipinski definition) is 1. The minimum absolute atomic E-state index is 0.669. The molecular formula is C16H20N2OS. The molecule has 3 nitrogen and oxygen atoms in total. The molecule has 0 amide bonds. The Morgan fingerprint density at radius 2 is 2.00 bits per heavy atom. The largest absolute Gasteiger partial charge is 0.439 e. The summed E-state index contributed by atoms with van der Waals surface area (Å²) in [5.74, 6) is 1.49. The lowest BCUT2D eigenvalue weighted by Gasteiger charge is -2.09. The minimum atomic E-state index is 0.669. The number of aromatic nitrogens is 1. The van der Waals surface area contributed by atoms with E-state index < -0.39 is 0 Å². The molecule has 20 heavy (non-hydrogen) atoms. The predicted octanol–water partition coefficient (Wildman–Crippen LogP) is 4.01. The molecule has 2 rings (SSSR count). The lowest BCUT2D eigenvalue weighted by atomic mass is 10.2. The highest BCUT2D eigenvalue weighted by Gasteiger charge is 2.04. The number of benzene rings is 1. The van der Waals surface area contributed by atoms with Gasteiger partial charge >= 0.3 is 0 Å². The number of aryl methyl sites for hydroxylation is 1. The molecule has 0 saturated carbocycles. The molecule has 1 aromatic carbocycles. The highest BCUT2D eigenvalue weighted by molar-refractivity contribution is 7.98. The van der Waals surface area contributed by atoms with Gasteiger partial charge in [-0.2, -0.15) is 0 Å². The third-order valence-electron chi connectivity index (χ3n) is 2.94. The molecule has 0 spiro atoms. The van der Waals surface area contributed by atoms with E-state index in [0.717, 1.165) is 24.4 Å². The zero-order valence-electron chi connectivity index (χ0n) is 12.1. The van der Waals surface area contributed by atoms with Gasteiger partial charge in [-0.1, -0.05) is 6.92 Å². The molecule has 0 bridgehead atoms. The van der Waals surface area contributed by atoms with Crippen LogP contribution >= 0.6 is 11.8 Å². The van der Waals surface area contributed by atoms with Crippen LogP contribution in [0.2, 0.25) is 0 Å². The van der Waals surface area contributed by atoms with Crippen LogP contribution in [0.15, 0.2) is 41.4 Å². The van der Waals surface area contributed by atoms with Gasteiger partial charge in [-0.15, -0.1) is 11.8 Å². The topological polar surface area (TPSA) is 34.2 Å². The molecule has 0 saturated heterocycles. The second-order valence-corrected chi connectivity index (χ2v) is 5.40. The second kappa shape index (κ2) is 7.31. The van der Waals surface area contributed by atoms with Gasteiger partial charge in [-0.25, -0.2) is 4.98 Å². The van der Waals surface area contributed by atoms with Crippen molar-refractivity contribution in [3.05, 3.63) is 47.7 Å². The maximum atomic E-state index is 5.83. The van der Waals surface area contributed by atoms with Gasteiger partial charge in [0.05, 0.1) is 0 Å². The molecule has 0 aliphatic carbocycles. The van der Waals surface area contributed by atoms with E-state index >= 15 is 0 Å². The number of pyridine rings is 1. The minimum Gasteiger partial charge on any atom is -0.439 e. The van der Waals surface area contributed by atoms with Crippen molar-refractivity contribution in [2.75, 3.05) is 12.8 Å². The Morgan fingerprint density at radius 1 is 1.25 bits per heavy atom. The van der Waals surface area contributed by atoms with Crippen molar-refractivity contribution in [3.8, 4) is 11.6 Å². The normalized spacial score (nSPS) is 10.6. The molecule has 0 atom stereocenters. The maximum absolute atomic E-state index is 5.83. The monoisotopic (exact) mass is 288 g/mol. The van der Waals surface area contributed by atoms with Crippen molar-refractivity contribution in [2.45, 2.75) is 25.3 Å². The summed E-state index contributed by atoms with van der Waals surface area (Å²) in [4.78, 5) is 5.63. The summed E-state index contributed by atoms with van der Waals surface area (Å²) in [7, 11) is 0. The van der Waals surface area contributed by atoms with Crippen molar-refractivity contribution >= 4 is 11.8 Å². The number of ether oxygens (including phenoxy) is 1. The number of rotatable bonds is 6. The highest BCUT2D eigenvalue weighted by atomic mass is 32.2. The third-order valence-corrected chi connectivity index (χ3v) is 3.68. The van der Waals surface area contributed by atoms with E-state index in [2.05, 4.69) is 41.7 Å². The smallest absolute Gasteiger partial charge is 0.222 e. The van der Waals surface area contributed by atoms with E-state index in [4.69, 9.17) is 4.74 Å². The summed E-state index contributed by atoms with van der Waals surface area (Å²) >= 11 is 1.72. The van der Waals surface area contributed by atoms with Crippen LogP contribution in [0.3, 0.4) is 0 Å². The first-order valence-corrected chi connectivity index (χ1v) is 7.93. The van der Waals surface area contributed by atoms with E-state index in [1.807, 2.05) is 25.3 Å². The first-order valence-electron chi connectivity index (χ1n) is 6.71. The summed E-state index contributed by atoms with van der Waals surface area (Å²) in [6.07, 6.45) is 3.92. The third kappa shape index (κ3) is 3.99. The maximum Gasteiger partial charge on any atom is 0.222 e. The number of hydrogen-bond acceptors (Lipinski definition) is 4. The van der Waals surface area contributed by atoms with Gasteiger partial charge in [0.15, 0.2) is 0 Å². The Hall–Kier alpha value is -1.52. The summed E-state index contributed by atoms with van der Waals surface area (Å²) in [5, 5.41) is 3.29. The van der Waals surface area contributed by atoms with Gasteiger partial charge in [0.25, 0.3) is 0 Å². The van der Waals surface area contributed by atoms with Crippen molar-refractivity contribution in [1.29, 1.82) is 0 Å². The fourth-order valence-corrected chi connectivity index (χ4v) is 2.26. The molecule has 0 fully saturated rings. The van der Waals surface area contributed by atoms with Gasteiger partial charge in [-0.3, -0.25) is 0 Å². The van der Waals surface area contributed by atoms with Crippen LogP contribution in [0.25, 0.3) is 0 Å². The average molecular weight is 288 g/mol. The standard InChI is InChI=1S/C16H20N2OS/c1-4-17-10-13-9-12(2)16(18-11-13)19-14-5-7-15(20-3)8-6-14/h5-9,11,17H,4,10H2,1-3H3. The molecule has 0 unspecified atom stereocenters. The predicted molar refractivity (Wildman–Crippen MR) is 84.7 cm³/mol. The van der Waals surface area contributed by atoms with Crippen LogP contribution in [0.1, 0.15) is 18.1 Å². The molecule has 1 heterocycles. The molecule has 1 N–H and O–H groups in total.